The Morgan fingerprint density at radius 1 is 1.04 bits per heavy atom. The molecule has 4 aliphatic rings. The highest BCUT2D eigenvalue weighted by Crippen LogP contribution is 2.64. The minimum absolute atomic E-state index is 0.0462. The first-order valence-electron chi connectivity index (χ1n) is 8.97. The second kappa shape index (κ2) is 5.30. The fourth-order valence-corrected chi connectivity index (χ4v) is 5.62. The number of carbonyl (C=O) groups is 2. The van der Waals surface area contributed by atoms with Crippen LogP contribution in [0.15, 0.2) is 0 Å². The van der Waals surface area contributed by atoms with E-state index in [9.17, 15) is 14.7 Å². The van der Waals surface area contributed by atoms with Crippen molar-refractivity contribution in [1.82, 2.24) is 0 Å². The van der Waals surface area contributed by atoms with E-state index in [1.165, 1.54) is 33.1 Å². The van der Waals surface area contributed by atoms with Gasteiger partial charge in [0, 0.05) is 5.41 Å². The van der Waals surface area contributed by atoms with Crippen LogP contribution in [0, 0.1) is 28.6 Å². The van der Waals surface area contributed by atoms with Crippen LogP contribution in [0.4, 0.5) is 0 Å². The van der Waals surface area contributed by atoms with Gasteiger partial charge in [-0.05, 0) is 84.0 Å². The Morgan fingerprint density at radius 2 is 1.48 bits per heavy atom. The fraction of sp³-hybridized carbons (Fsp3) is 0.895. The average Bonchev–Trinajstić information content (AvgIpc) is 2.43. The summed E-state index contributed by atoms with van der Waals surface area (Å²) in [7, 11) is 0. The number of rotatable bonds is 5. The molecule has 4 heteroatoms. The van der Waals surface area contributed by atoms with Gasteiger partial charge in [-0.3, -0.25) is 9.59 Å². The third kappa shape index (κ3) is 2.54. The molecule has 1 atom stereocenters. The van der Waals surface area contributed by atoms with Crippen molar-refractivity contribution in [1.29, 1.82) is 0 Å². The molecule has 1 N–H and O–H groups in total. The first-order chi connectivity index (χ1) is 10.6. The molecule has 4 saturated carbocycles. The van der Waals surface area contributed by atoms with E-state index in [1.54, 1.807) is 0 Å². The molecular formula is C19H30O4. The number of ether oxygens (including phenoxy) is 1. The quantitative estimate of drug-likeness (QED) is 0.624. The van der Waals surface area contributed by atoms with Gasteiger partial charge in [0.25, 0.3) is 0 Å². The highest BCUT2D eigenvalue weighted by molar-refractivity contribution is 6.02. The molecule has 0 saturated heterocycles. The van der Waals surface area contributed by atoms with Gasteiger partial charge < -0.3 is 9.84 Å². The van der Waals surface area contributed by atoms with Gasteiger partial charge in [-0.2, -0.15) is 0 Å². The van der Waals surface area contributed by atoms with E-state index in [1.807, 2.05) is 13.8 Å². The number of esters is 1. The molecule has 0 spiro atoms. The smallest absolute Gasteiger partial charge is 0.322 e. The molecule has 23 heavy (non-hydrogen) atoms. The Morgan fingerprint density at radius 3 is 1.83 bits per heavy atom. The van der Waals surface area contributed by atoms with E-state index in [4.69, 9.17) is 4.74 Å². The summed E-state index contributed by atoms with van der Waals surface area (Å²) in [5.41, 5.74) is -1.99. The van der Waals surface area contributed by atoms with Crippen LogP contribution in [0.5, 0.6) is 0 Å². The Bertz CT molecular complexity index is 486. The van der Waals surface area contributed by atoms with Crippen LogP contribution < -0.4 is 0 Å². The molecule has 4 bridgehead atoms. The van der Waals surface area contributed by atoms with Crippen LogP contribution in [0.2, 0.25) is 0 Å². The maximum atomic E-state index is 12.6. The van der Waals surface area contributed by atoms with E-state index >= 15 is 0 Å². The molecule has 4 nitrogen and oxygen atoms in total. The summed E-state index contributed by atoms with van der Waals surface area (Å²) >= 11 is 0. The highest BCUT2D eigenvalue weighted by Gasteiger charge is 2.59. The lowest BCUT2D eigenvalue weighted by atomic mass is 9.46. The van der Waals surface area contributed by atoms with Gasteiger partial charge >= 0.3 is 5.97 Å². The summed E-state index contributed by atoms with van der Waals surface area (Å²) in [4.78, 5) is 24.5. The number of carbonyl (C=O) groups excluding carboxylic acids is 2. The van der Waals surface area contributed by atoms with Gasteiger partial charge in [-0.1, -0.05) is 0 Å². The molecule has 4 fully saturated rings. The van der Waals surface area contributed by atoms with Crippen LogP contribution in [-0.4, -0.2) is 29.1 Å². The van der Waals surface area contributed by atoms with Crippen LogP contribution in [0.25, 0.3) is 0 Å². The Balaban J connectivity index is 1.82. The molecule has 0 aromatic rings. The maximum absolute atomic E-state index is 12.6. The van der Waals surface area contributed by atoms with E-state index in [0.717, 1.165) is 37.0 Å². The van der Waals surface area contributed by atoms with E-state index in [2.05, 4.69) is 0 Å². The first-order valence-corrected chi connectivity index (χ1v) is 8.97. The zero-order valence-corrected chi connectivity index (χ0v) is 14.9. The minimum atomic E-state index is -1.44. The molecule has 0 aliphatic heterocycles. The van der Waals surface area contributed by atoms with Crippen molar-refractivity contribution in [3.05, 3.63) is 0 Å². The summed E-state index contributed by atoms with van der Waals surface area (Å²) in [6.07, 6.45) is 7.42. The highest BCUT2D eigenvalue weighted by atomic mass is 16.6. The number of aliphatic hydroxyl groups excluding tert-OH is 1. The van der Waals surface area contributed by atoms with Crippen LogP contribution in [0.1, 0.15) is 66.2 Å². The lowest BCUT2D eigenvalue weighted by Crippen LogP contribution is -2.58. The van der Waals surface area contributed by atoms with Gasteiger partial charge in [0.15, 0.2) is 0 Å². The molecule has 0 aromatic heterocycles. The summed E-state index contributed by atoms with van der Waals surface area (Å²) in [5.74, 6) is 1.41. The SMILES string of the molecule is CC(=O)C(C)(CO)C(=O)OC(C)(C)C12CC3CC(CC(C3)C1)C2. The molecule has 4 rings (SSSR count). The monoisotopic (exact) mass is 322 g/mol. The van der Waals surface area contributed by atoms with E-state index < -0.39 is 23.6 Å². The first kappa shape index (κ1) is 16.9. The zero-order chi connectivity index (χ0) is 17.0. The number of Topliss-reactive ketones (excluding diaryl/α,β-unsaturated/α-hetero) is 1. The van der Waals surface area contributed by atoms with E-state index in [0.29, 0.717) is 0 Å². The van der Waals surface area contributed by atoms with Gasteiger partial charge in [0.1, 0.15) is 16.8 Å². The summed E-state index contributed by atoms with van der Waals surface area (Å²) in [6, 6.07) is 0. The van der Waals surface area contributed by atoms with Crippen molar-refractivity contribution >= 4 is 11.8 Å². The van der Waals surface area contributed by atoms with Crippen molar-refractivity contribution < 1.29 is 19.4 Å². The second-order valence-electron chi connectivity index (χ2n) is 9.14. The lowest BCUT2D eigenvalue weighted by molar-refractivity contribution is -0.207. The molecule has 0 amide bonds. The molecule has 0 radical (unpaired) electrons. The maximum Gasteiger partial charge on any atom is 0.322 e. The molecule has 1 unspecified atom stereocenters. The Hall–Kier alpha value is -0.900. The third-order valence-corrected chi connectivity index (χ3v) is 7.21. The fourth-order valence-electron chi connectivity index (χ4n) is 5.62. The lowest BCUT2D eigenvalue weighted by Gasteiger charge is -2.61. The standard InChI is InChI=1S/C19H30O4/c1-12(21)18(4,11-20)16(22)23-17(2,3)19-8-13-5-14(9-19)7-15(6-13)10-19/h13-15,20H,5-11H2,1-4H3. The van der Waals surface area contributed by atoms with Crippen molar-refractivity contribution in [2.75, 3.05) is 6.61 Å². The van der Waals surface area contributed by atoms with Crippen LogP contribution >= 0.6 is 0 Å². The number of hydrogen-bond donors (Lipinski definition) is 1. The van der Waals surface area contributed by atoms with Crippen molar-refractivity contribution in [3.63, 3.8) is 0 Å². The minimum Gasteiger partial charge on any atom is -0.458 e. The van der Waals surface area contributed by atoms with Gasteiger partial charge in [-0.15, -0.1) is 0 Å². The number of hydrogen-bond acceptors (Lipinski definition) is 4. The predicted molar refractivity (Wildman–Crippen MR) is 86.6 cm³/mol. The molecule has 0 aromatic carbocycles. The van der Waals surface area contributed by atoms with Gasteiger partial charge in [0.05, 0.1) is 6.61 Å². The molecular weight excluding hydrogens is 292 g/mol. The Kier molecular flexibility index (Phi) is 3.90. The average molecular weight is 322 g/mol. The summed E-state index contributed by atoms with van der Waals surface area (Å²) < 4.78 is 5.92. The van der Waals surface area contributed by atoms with E-state index in [-0.39, 0.29) is 11.2 Å². The normalized spacial score (nSPS) is 38.2. The predicted octanol–water partition coefficient (Wildman–Crippen LogP) is 3.11. The van der Waals surface area contributed by atoms with Crippen molar-refractivity contribution in [2.45, 2.75) is 71.8 Å². The number of aliphatic hydroxyl groups is 1. The van der Waals surface area contributed by atoms with Gasteiger partial charge in [0.2, 0.25) is 0 Å². The third-order valence-electron chi connectivity index (χ3n) is 7.21. The molecule has 4 aliphatic carbocycles. The van der Waals surface area contributed by atoms with Crippen LogP contribution in [-0.2, 0) is 14.3 Å². The molecule has 0 heterocycles. The molecule has 130 valence electrons. The summed E-state index contributed by atoms with van der Waals surface area (Å²) in [5, 5.41) is 9.54. The Labute approximate surface area is 139 Å². The largest absolute Gasteiger partial charge is 0.458 e. The topological polar surface area (TPSA) is 63.6 Å². The van der Waals surface area contributed by atoms with Crippen LogP contribution in [0.3, 0.4) is 0 Å². The summed E-state index contributed by atoms with van der Waals surface area (Å²) in [6.45, 7) is 6.34. The van der Waals surface area contributed by atoms with Crippen molar-refractivity contribution in [3.8, 4) is 0 Å². The second-order valence-corrected chi connectivity index (χ2v) is 9.14. The van der Waals surface area contributed by atoms with Crippen molar-refractivity contribution in [2.24, 2.45) is 28.6 Å². The van der Waals surface area contributed by atoms with Gasteiger partial charge in [-0.25, -0.2) is 0 Å². The zero-order valence-electron chi connectivity index (χ0n) is 14.9. The number of ketones is 1.